The summed E-state index contributed by atoms with van der Waals surface area (Å²) in [7, 11) is 0. The lowest BCUT2D eigenvalue weighted by atomic mass is 9.95. The zero-order valence-corrected chi connectivity index (χ0v) is 14.8. The van der Waals surface area contributed by atoms with Crippen molar-refractivity contribution in [1.82, 2.24) is 0 Å². The molecule has 1 heterocycles. The second-order valence-corrected chi connectivity index (χ2v) is 8.02. The van der Waals surface area contributed by atoms with E-state index in [1.165, 1.54) is 21.9 Å². The maximum atomic E-state index is 6.48. The molecule has 0 bridgehead atoms. The first-order valence-electron chi connectivity index (χ1n) is 6.26. The van der Waals surface area contributed by atoms with Crippen molar-refractivity contribution < 1.29 is 0 Å². The minimum atomic E-state index is -0.104. The highest BCUT2D eigenvalue weighted by molar-refractivity contribution is 9.13. The summed E-state index contributed by atoms with van der Waals surface area (Å²) < 4.78 is 2.14. The van der Waals surface area contributed by atoms with Gasteiger partial charge >= 0.3 is 0 Å². The molecule has 20 heavy (non-hydrogen) atoms. The van der Waals surface area contributed by atoms with Gasteiger partial charge in [0.05, 0.1) is 9.83 Å². The molecule has 0 aliphatic rings. The van der Waals surface area contributed by atoms with Crippen LogP contribution in [0.5, 0.6) is 0 Å². The van der Waals surface area contributed by atoms with Gasteiger partial charge in [-0.25, -0.2) is 0 Å². The van der Waals surface area contributed by atoms with Crippen molar-refractivity contribution in [2.45, 2.75) is 13.0 Å². The van der Waals surface area contributed by atoms with E-state index in [0.29, 0.717) is 0 Å². The summed E-state index contributed by atoms with van der Waals surface area (Å²) in [4.78, 5) is 1.15. The quantitative estimate of drug-likeness (QED) is 0.568. The predicted octanol–water partition coefficient (Wildman–Crippen LogP) is 5.78. The average molecular weight is 411 g/mol. The Kier molecular flexibility index (Phi) is 4.00. The summed E-state index contributed by atoms with van der Waals surface area (Å²) >= 11 is 8.74. The molecule has 2 aromatic carbocycles. The Hall–Kier alpha value is -0.680. The minimum absolute atomic E-state index is 0.104. The fraction of sp³-hybridized carbons (Fsp3) is 0.125. The summed E-state index contributed by atoms with van der Waals surface area (Å²) in [5, 5.41) is 2.51. The lowest BCUT2D eigenvalue weighted by molar-refractivity contribution is 0.902. The van der Waals surface area contributed by atoms with Gasteiger partial charge in [-0.3, -0.25) is 0 Å². The Balaban J connectivity index is 2.17. The second-order valence-electron chi connectivity index (χ2n) is 4.77. The van der Waals surface area contributed by atoms with Crippen LogP contribution < -0.4 is 5.73 Å². The Morgan fingerprint density at radius 2 is 1.75 bits per heavy atom. The van der Waals surface area contributed by atoms with Gasteiger partial charge in [0, 0.05) is 9.35 Å². The molecule has 0 amide bonds. The van der Waals surface area contributed by atoms with Gasteiger partial charge in [0.25, 0.3) is 0 Å². The highest BCUT2D eigenvalue weighted by atomic mass is 79.9. The zero-order chi connectivity index (χ0) is 14.3. The molecule has 2 N–H and O–H groups in total. The molecule has 0 saturated heterocycles. The van der Waals surface area contributed by atoms with Gasteiger partial charge in [-0.15, -0.1) is 11.3 Å². The van der Waals surface area contributed by atoms with Gasteiger partial charge in [0.1, 0.15) is 0 Å². The van der Waals surface area contributed by atoms with Gasteiger partial charge in [-0.05, 0) is 66.7 Å². The monoisotopic (exact) mass is 409 g/mol. The number of halogens is 2. The van der Waals surface area contributed by atoms with Crippen molar-refractivity contribution in [2.24, 2.45) is 5.73 Å². The molecule has 1 atom stereocenters. The van der Waals surface area contributed by atoms with Crippen LogP contribution >= 0.6 is 43.2 Å². The van der Waals surface area contributed by atoms with Crippen LogP contribution in [0.4, 0.5) is 0 Å². The van der Waals surface area contributed by atoms with E-state index in [4.69, 9.17) is 5.73 Å². The van der Waals surface area contributed by atoms with Crippen molar-refractivity contribution in [2.75, 3.05) is 0 Å². The molecule has 0 fully saturated rings. The first kappa shape index (κ1) is 14.3. The van der Waals surface area contributed by atoms with E-state index >= 15 is 0 Å². The molecule has 0 radical (unpaired) electrons. The third kappa shape index (κ3) is 2.46. The van der Waals surface area contributed by atoms with Crippen molar-refractivity contribution in [3.8, 4) is 0 Å². The molecule has 1 aromatic heterocycles. The van der Waals surface area contributed by atoms with Crippen molar-refractivity contribution in [1.29, 1.82) is 0 Å². The van der Waals surface area contributed by atoms with Crippen LogP contribution in [0.15, 0.2) is 50.7 Å². The first-order chi connectivity index (χ1) is 9.58. The standard InChI is InChI=1S/C16H13Br2NS/c1-9-6-7-12(11-5-3-2-4-10(9)11)15(19)14-8-13(17)16(18)20-14/h2-8,15H,19H2,1H3. The van der Waals surface area contributed by atoms with Crippen molar-refractivity contribution >= 4 is 54.0 Å². The number of nitrogens with two attached hydrogens (primary N) is 1. The molecule has 1 nitrogen and oxygen atoms in total. The molecule has 0 spiro atoms. The molecule has 1 unspecified atom stereocenters. The number of fused-ring (bicyclic) bond motifs is 1. The normalized spacial score (nSPS) is 12.8. The van der Waals surface area contributed by atoms with E-state index in [-0.39, 0.29) is 6.04 Å². The topological polar surface area (TPSA) is 26.0 Å². The number of rotatable bonds is 2. The Bertz CT molecular complexity index is 760. The highest BCUT2D eigenvalue weighted by Gasteiger charge is 2.16. The summed E-state index contributed by atoms with van der Waals surface area (Å²) in [5.41, 5.74) is 8.94. The van der Waals surface area contributed by atoms with Crippen molar-refractivity contribution in [3.63, 3.8) is 0 Å². The summed E-state index contributed by atoms with van der Waals surface area (Å²) in [6.45, 7) is 2.13. The number of hydrogen-bond donors (Lipinski definition) is 1. The first-order valence-corrected chi connectivity index (χ1v) is 8.66. The Labute approximate surface area is 139 Å². The van der Waals surface area contributed by atoms with E-state index in [1.807, 2.05) is 0 Å². The highest BCUT2D eigenvalue weighted by Crippen LogP contribution is 2.38. The lowest BCUT2D eigenvalue weighted by Crippen LogP contribution is -2.10. The Morgan fingerprint density at radius 3 is 2.40 bits per heavy atom. The third-order valence-corrected chi connectivity index (χ3v) is 6.82. The summed E-state index contributed by atoms with van der Waals surface area (Å²) in [6.07, 6.45) is 0. The maximum Gasteiger partial charge on any atom is 0.0843 e. The van der Waals surface area contributed by atoms with Crippen LogP contribution in [-0.2, 0) is 0 Å². The largest absolute Gasteiger partial charge is 0.320 e. The van der Waals surface area contributed by atoms with E-state index in [2.05, 4.69) is 81.2 Å². The molecule has 0 aliphatic carbocycles. The van der Waals surface area contributed by atoms with Gasteiger partial charge in [0.15, 0.2) is 0 Å². The van der Waals surface area contributed by atoms with Crippen LogP contribution in [0.1, 0.15) is 22.0 Å². The molecule has 102 valence electrons. The zero-order valence-electron chi connectivity index (χ0n) is 10.9. The molecule has 0 aliphatic heterocycles. The van der Waals surface area contributed by atoms with Gasteiger partial charge in [-0.1, -0.05) is 36.4 Å². The number of hydrogen-bond acceptors (Lipinski definition) is 2. The van der Waals surface area contributed by atoms with Crippen LogP contribution in [-0.4, -0.2) is 0 Å². The van der Waals surface area contributed by atoms with Crippen LogP contribution in [0, 0.1) is 6.92 Å². The molecule has 4 heteroatoms. The van der Waals surface area contributed by atoms with E-state index in [0.717, 1.165) is 13.1 Å². The van der Waals surface area contributed by atoms with Gasteiger partial charge < -0.3 is 5.73 Å². The van der Waals surface area contributed by atoms with E-state index in [9.17, 15) is 0 Å². The van der Waals surface area contributed by atoms with Crippen molar-refractivity contribution in [3.05, 3.63) is 66.7 Å². The smallest absolute Gasteiger partial charge is 0.0843 e. The van der Waals surface area contributed by atoms with E-state index < -0.39 is 0 Å². The molecular formula is C16H13Br2NS. The Morgan fingerprint density at radius 1 is 1.05 bits per heavy atom. The molecule has 3 rings (SSSR count). The molecule has 3 aromatic rings. The predicted molar refractivity (Wildman–Crippen MR) is 94.4 cm³/mol. The number of aryl methyl sites for hydroxylation is 1. The maximum absolute atomic E-state index is 6.48. The SMILES string of the molecule is Cc1ccc(C(N)c2cc(Br)c(Br)s2)c2ccccc12. The molecule has 0 saturated carbocycles. The fourth-order valence-corrected chi connectivity index (χ4v) is 4.52. The summed E-state index contributed by atoms with van der Waals surface area (Å²) in [5.74, 6) is 0. The second kappa shape index (κ2) is 5.60. The van der Waals surface area contributed by atoms with Crippen LogP contribution in [0.3, 0.4) is 0 Å². The van der Waals surface area contributed by atoms with Crippen LogP contribution in [0.25, 0.3) is 10.8 Å². The number of thiophene rings is 1. The fourth-order valence-electron chi connectivity index (χ4n) is 2.41. The summed E-state index contributed by atoms with van der Waals surface area (Å²) in [6, 6.07) is 14.7. The third-order valence-electron chi connectivity index (χ3n) is 3.48. The molecular weight excluding hydrogens is 398 g/mol. The van der Waals surface area contributed by atoms with Crippen LogP contribution in [0.2, 0.25) is 0 Å². The van der Waals surface area contributed by atoms with Gasteiger partial charge in [-0.2, -0.15) is 0 Å². The average Bonchev–Trinajstić information content (AvgIpc) is 2.79. The lowest BCUT2D eigenvalue weighted by Gasteiger charge is -2.14. The van der Waals surface area contributed by atoms with Gasteiger partial charge in [0.2, 0.25) is 0 Å². The van der Waals surface area contributed by atoms with E-state index in [1.54, 1.807) is 11.3 Å². The minimum Gasteiger partial charge on any atom is -0.320 e. The number of benzene rings is 2.